The van der Waals surface area contributed by atoms with Gasteiger partial charge in [0.25, 0.3) is 11.5 Å². The van der Waals surface area contributed by atoms with E-state index in [1.54, 1.807) is 36.4 Å². The lowest BCUT2D eigenvalue weighted by atomic mass is 10.1. The molecular weight excluding hydrogens is 368 g/mol. The third-order valence-electron chi connectivity index (χ3n) is 4.14. The molecular formula is C22H22N4O3. The van der Waals surface area contributed by atoms with Gasteiger partial charge in [0.2, 0.25) is 0 Å². The number of carbonyl (C=O) groups excluding carboxylic acids is 1. The summed E-state index contributed by atoms with van der Waals surface area (Å²) in [6, 6.07) is 14.0. The summed E-state index contributed by atoms with van der Waals surface area (Å²) in [5.41, 5.74) is 3.16. The Morgan fingerprint density at radius 2 is 2.00 bits per heavy atom. The van der Waals surface area contributed by atoms with Gasteiger partial charge >= 0.3 is 0 Å². The first-order chi connectivity index (χ1) is 14.0. The van der Waals surface area contributed by atoms with Crippen molar-refractivity contribution in [1.82, 2.24) is 15.2 Å². The minimum atomic E-state index is -0.495. The third-order valence-corrected chi connectivity index (χ3v) is 4.14. The number of benzene rings is 2. The Bertz CT molecular complexity index is 1130. The van der Waals surface area contributed by atoms with Crippen LogP contribution in [0.2, 0.25) is 0 Å². The summed E-state index contributed by atoms with van der Waals surface area (Å²) in [5.74, 6) is 0.183. The van der Waals surface area contributed by atoms with Crippen molar-refractivity contribution in [1.29, 1.82) is 0 Å². The fourth-order valence-corrected chi connectivity index (χ4v) is 2.78. The third kappa shape index (κ3) is 4.57. The lowest BCUT2D eigenvalue weighted by Crippen LogP contribution is -2.30. The van der Waals surface area contributed by atoms with Crippen molar-refractivity contribution >= 4 is 22.9 Å². The maximum atomic E-state index is 12.7. The molecule has 3 aromatic rings. The van der Waals surface area contributed by atoms with Gasteiger partial charge in [0.05, 0.1) is 17.6 Å². The monoisotopic (exact) mass is 390 g/mol. The second kappa shape index (κ2) is 8.97. The van der Waals surface area contributed by atoms with Crippen LogP contribution in [0.1, 0.15) is 35.9 Å². The number of ether oxygens (including phenoxy) is 1. The molecule has 29 heavy (non-hydrogen) atoms. The zero-order chi connectivity index (χ0) is 20.8. The smallest absolute Gasteiger partial charge is 0.292 e. The van der Waals surface area contributed by atoms with Gasteiger partial charge in [0.15, 0.2) is 5.69 Å². The number of nitrogens with zero attached hydrogens (tertiary/aromatic N) is 3. The second-order valence-electron chi connectivity index (χ2n) is 6.61. The Morgan fingerprint density at radius 1 is 1.24 bits per heavy atom. The van der Waals surface area contributed by atoms with Gasteiger partial charge in [-0.2, -0.15) is 10.2 Å². The van der Waals surface area contributed by atoms with Crippen LogP contribution in [0.25, 0.3) is 10.8 Å². The van der Waals surface area contributed by atoms with Crippen LogP contribution in [0, 0.1) is 0 Å². The maximum Gasteiger partial charge on any atom is 0.292 e. The van der Waals surface area contributed by atoms with E-state index in [9.17, 15) is 9.59 Å². The van der Waals surface area contributed by atoms with E-state index in [0.29, 0.717) is 23.1 Å². The number of amides is 1. The molecule has 0 fully saturated rings. The number of nitrogens with one attached hydrogen (secondary N) is 1. The van der Waals surface area contributed by atoms with Crippen molar-refractivity contribution in [3.05, 3.63) is 82.8 Å². The van der Waals surface area contributed by atoms with E-state index in [2.05, 4.69) is 22.2 Å². The molecule has 2 aromatic carbocycles. The number of carbonyl (C=O) groups is 1. The fourth-order valence-electron chi connectivity index (χ4n) is 2.78. The van der Waals surface area contributed by atoms with Crippen molar-refractivity contribution in [2.45, 2.75) is 19.9 Å². The van der Waals surface area contributed by atoms with Crippen LogP contribution >= 0.6 is 0 Å². The molecule has 0 unspecified atom stereocenters. The Labute approximate surface area is 168 Å². The molecule has 0 saturated carbocycles. The first kappa shape index (κ1) is 20.0. The van der Waals surface area contributed by atoms with Gasteiger partial charge in [-0.15, -0.1) is 0 Å². The predicted molar refractivity (Wildman–Crippen MR) is 114 cm³/mol. The second-order valence-corrected chi connectivity index (χ2v) is 6.61. The quantitative estimate of drug-likeness (QED) is 0.381. The molecule has 148 valence electrons. The highest BCUT2D eigenvalue weighted by atomic mass is 16.5. The molecule has 7 nitrogen and oxygen atoms in total. The van der Waals surface area contributed by atoms with E-state index in [1.165, 1.54) is 10.9 Å². The van der Waals surface area contributed by atoms with Crippen LogP contribution < -0.4 is 15.7 Å². The van der Waals surface area contributed by atoms with Gasteiger partial charge in [-0.05, 0) is 37.6 Å². The van der Waals surface area contributed by atoms with Crippen molar-refractivity contribution in [2.75, 3.05) is 6.61 Å². The Morgan fingerprint density at radius 3 is 2.72 bits per heavy atom. The topological polar surface area (TPSA) is 85.6 Å². The Hall–Kier alpha value is -3.74. The molecule has 1 N–H and O–H groups in total. The van der Waals surface area contributed by atoms with Gasteiger partial charge in [-0.3, -0.25) is 9.59 Å². The summed E-state index contributed by atoms with van der Waals surface area (Å²) in [4.78, 5) is 25.3. The number of hydrogen-bond donors (Lipinski definition) is 1. The van der Waals surface area contributed by atoms with Crippen LogP contribution in [0.5, 0.6) is 5.75 Å². The van der Waals surface area contributed by atoms with Crippen molar-refractivity contribution < 1.29 is 9.53 Å². The highest BCUT2D eigenvalue weighted by Crippen LogP contribution is 2.15. The lowest BCUT2D eigenvalue weighted by Gasteiger charge is -2.12. The van der Waals surface area contributed by atoms with Gasteiger partial charge in [-0.25, -0.2) is 10.1 Å². The normalized spacial score (nSPS) is 11.1. The summed E-state index contributed by atoms with van der Waals surface area (Å²) in [7, 11) is 0. The fraction of sp³-hybridized carbons (Fsp3) is 0.182. The van der Waals surface area contributed by atoms with Crippen LogP contribution in [0.3, 0.4) is 0 Å². The minimum Gasteiger partial charge on any atom is -0.490 e. The Balaban J connectivity index is 1.85. The molecule has 0 aliphatic heterocycles. The number of hydrogen-bond acceptors (Lipinski definition) is 5. The molecule has 1 amide bonds. The summed E-state index contributed by atoms with van der Waals surface area (Å²) < 4.78 is 6.79. The van der Waals surface area contributed by atoms with E-state index in [4.69, 9.17) is 4.74 Å². The van der Waals surface area contributed by atoms with Crippen molar-refractivity contribution in [2.24, 2.45) is 5.10 Å². The summed E-state index contributed by atoms with van der Waals surface area (Å²) in [5, 5.41) is 9.21. The summed E-state index contributed by atoms with van der Waals surface area (Å²) in [6.07, 6.45) is 3.17. The van der Waals surface area contributed by atoms with Gasteiger partial charge < -0.3 is 4.74 Å². The van der Waals surface area contributed by atoms with Gasteiger partial charge in [0, 0.05) is 5.39 Å². The summed E-state index contributed by atoms with van der Waals surface area (Å²) >= 11 is 0. The van der Waals surface area contributed by atoms with E-state index < -0.39 is 5.91 Å². The number of rotatable bonds is 7. The maximum absolute atomic E-state index is 12.7. The first-order valence-corrected chi connectivity index (χ1v) is 9.20. The molecule has 0 radical (unpaired) electrons. The highest BCUT2D eigenvalue weighted by molar-refractivity contribution is 6.05. The van der Waals surface area contributed by atoms with Crippen LogP contribution in [0.15, 0.2) is 71.1 Å². The van der Waals surface area contributed by atoms with Gasteiger partial charge in [-0.1, -0.05) is 43.0 Å². The molecule has 3 rings (SSSR count). The predicted octanol–water partition coefficient (Wildman–Crippen LogP) is 3.31. The van der Waals surface area contributed by atoms with Gasteiger partial charge in [0.1, 0.15) is 12.4 Å². The van der Waals surface area contributed by atoms with E-state index in [1.807, 2.05) is 32.0 Å². The first-order valence-electron chi connectivity index (χ1n) is 9.20. The molecule has 0 spiro atoms. The average Bonchev–Trinajstić information content (AvgIpc) is 2.72. The molecule has 0 saturated heterocycles. The molecule has 0 aliphatic carbocycles. The lowest BCUT2D eigenvalue weighted by molar-refractivity contribution is 0.0949. The average molecular weight is 390 g/mol. The molecule has 7 heteroatoms. The molecule has 0 bridgehead atoms. The van der Waals surface area contributed by atoms with Crippen LogP contribution in [-0.4, -0.2) is 28.5 Å². The van der Waals surface area contributed by atoms with Crippen molar-refractivity contribution in [3.8, 4) is 5.75 Å². The number of fused-ring (bicyclic) bond motifs is 1. The van der Waals surface area contributed by atoms with Crippen molar-refractivity contribution in [3.63, 3.8) is 0 Å². The van der Waals surface area contributed by atoms with Crippen LogP contribution in [-0.2, 0) is 0 Å². The Kier molecular flexibility index (Phi) is 6.19. The zero-order valence-corrected chi connectivity index (χ0v) is 16.3. The van der Waals surface area contributed by atoms with E-state index >= 15 is 0 Å². The van der Waals surface area contributed by atoms with E-state index in [0.717, 1.165) is 5.56 Å². The van der Waals surface area contributed by atoms with Crippen LogP contribution in [0.4, 0.5) is 0 Å². The van der Waals surface area contributed by atoms with E-state index in [-0.39, 0.29) is 17.3 Å². The highest BCUT2D eigenvalue weighted by Gasteiger charge is 2.17. The number of aromatic nitrogens is 2. The summed E-state index contributed by atoms with van der Waals surface area (Å²) in [6.45, 7) is 7.69. The minimum absolute atomic E-state index is 0.147. The molecule has 1 aromatic heterocycles. The SMILES string of the molecule is C=CCOc1cccc(/C=N\NC(=O)c2nn(C(C)C)c(=O)c3ccccc23)c1. The molecule has 0 atom stereocenters. The number of hydrazone groups is 1. The molecule has 0 aliphatic rings. The molecule has 1 heterocycles. The standard InChI is InChI=1S/C22H22N4O3/c1-4-12-29-17-9-7-8-16(13-17)14-23-24-21(27)20-18-10-5-6-11-19(18)22(28)26(25-20)15(2)3/h4-11,13-15H,1,12H2,2-3H3,(H,24,27)/b23-14-. The largest absolute Gasteiger partial charge is 0.490 e. The zero-order valence-electron chi connectivity index (χ0n) is 16.3.